The molecule has 6 heteroatoms. The van der Waals surface area contributed by atoms with Gasteiger partial charge in [0.15, 0.2) is 0 Å². The average molecular weight is 927 g/mol. The van der Waals surface area contributed by atoms with Crippen molar-refractivity contribution in [2.75, 3.05) is 0 Å². The number of hydrogen-bond donors (Lipinski definition) is 0. The van der Waals surface area contributed by atoms with Crippen LogP contribution in [0.2, 0.25) is 0 Å². The summed E-state index contributed by atoms with van der Waals surface area (Å²) in [6, 6.07) is 69.3. The summed E-state index contributed by atoms with van der Waals surface area (Å²) < 4.78 is 22.0. The Morgan fingerprint density at radius 1 is 0.465 bits per heavy atom. The van der Waals surface area contributed by atoms with E-state index in [1.807, 2.05) is 11.3 Å². The molecule has 334 valence electrons. The zero-order chi connectivity index (χ0) is 47.0. The van der Waals surface area contributed by atoms with E-state index >= 15 is 0 Å². The monoisotopic (exact) mass is 926 g/mol. The fourth-order valence-corrected chi connectivity index (χ4v) is 14.7. The Hall–Kier alpha value is -8.32. The first-order valence-electron chi connectivity index (χ1n) is 24.7. The molecule has 4 nitrogen and oxygen atoms in total. The van der Waals surface area contributed by atoms with E-state index in [0.29, 0.717) is 0 Å². The lowest BCUT2D eigenvalue weighted by Gasteiger charge is -2.34. The van der Waals surface area contributed by atoms with E-state index in [-0.39, 0.29) is 12.1 Å². The molecule has 0 amide bonds. The van der Waals surface area contributed by atoms with Crippen molar-refractivity contribution >= 4 is 98.2 Å². The third-order valence-electron chi connectivity index (χ3n) is 16.2. The van der Waals surface area contributed by atoms with Gasteiger partial charge in [0.1, 0.15) is 23.0 Å². The molecule has 0 N–H and O–H groups in total. The molecule has 2 aliphatic heterocycles. The molecule has 71 heavy (non-hydrogen) atoms. The smallest absolute Gasteiger partial charge is 0.260 e. The van der Waals surface area contributed by atoms with Gasteiger partial charge in [-0.2, -0.15) is 0 Å². The molecular weight excluding hydrogens is 884 g/mol. The van der Waals surface area contributed by atoms with Crippen LogP contribution in [0, 0.1) is 13.8 Å². The minimum Gasteiger partial charge on any atom is -0.458 e. The van der Waals surface area contributed by atoms with E-state index in [4.69, 9.17) is 9.47 Å². The molecule has 0 saturated carbocycles. The lowest BCUT2D eigenvalue weighted by atomic mass is 9.35. The van der Waals surface area contributed by atoms with Crippen molar-refractivity contribution in [1.29, 1.82) is 0 Å². The van der Waals surface area contributed by atoms with Crippen molar-refractivity contribution in [3.8, 4) is 56.6 Å². The highest BCUT2D eigenvalue weighted by atomic mass is 32.1. The molecule has 0 bridgehead atoms. The van der Waals surface area contributed by atoms with Crippen LogP contribution in [0.4, 0.5) is 0 Å². The average Bonchev–Trinajstić information content (AvgIpc) is 4.12. The van der Waals surface area contributed by atoms with Crippen molar-refractivity contribution in [3.63, 3.8) is 0 Å². The number of ether oxygens (including phenoxy) is 2. The molecule has 0 spiro atoms. The summed E-state index contributed by atoms with van der Waals surface area (Å²) in [5, 5.41) is 7.63. The minimum absolute atomic E-state index is 0.106. The minimum atomic E-state index is -0.121. The first-order chi connectivity index (χ1) is 34.8. The standard InChI is InChI=1S/C65H43BN2O2S/c1-36-22-25-45-43-17-9-12-20-52(43)67(54(45)30-36)41-34-57-61-58(35-41)70-56-33-40(24-29-51(56)66(61)50-28-23-39(32-55(50)69-57)38-14-6-5-7-15-38)68-53-21-13-10-18-44(53)48-31-37(2)59-47-27-26-46-42-16-8-11-19-49(42)65(3,4)60(46)63(47)71-64(59)62(48)68/h5-35H,1-4H3. The second-order valence-corrected chi connectivity index (χ2v) is 21.5. The summed E-state index contributed by atoms with van der Waals surface area (Å²) in [6.45, 7) is 9.17. The first-order valence-corrected chi connectivity index (χ1v) is 25.5. The normalized spacial score (nSPS) is 13.9. The van der Waals surface area contributed by atoms with E-state index in [1.54, 1.807) is 0 Å². The molecule has 5 heterocycles. The van der Waals surface area contributed by atoms with Crippen molar-refractivity contribution < 1.29 is 9.47 Å². The van der Waals surface area contributed by atoms with Crippen molar-refractivity contribution in [2.24, 2.45) is 0 Å². The number of thiophene rings is 1. The maximum Gasteiger partial charge on any atom is 0.260 e. The summed E-state index contributed by atoms with van der Waals surface area (Å²) in [6.07, 6.45) is 0. The molecule has 0 fully saturated rings. The third kappa shape index (κ3) is 5.24. The maximum absolute atomic E-state index is 7.34. The van der Waals surface area contributed by atoms with Gasteiger partial charge in [-0.1, -0.05) is 147 Å². The Bertz CT molecular complexity index is 4530. The molecule has 1 aliphatic carbocycles. The Balaban J connectivity index is 0.939. The van der Waals surface area contributed by atoms with Gasteiger partial charge in [0.2, 0.25) is 0 Å². The van der Waals surface area contributed by atoms with Gasteiger partial charge in [-0.3, -0.25) is 0 Å². The Labute approximate surface area is 414 Å². The van der Waals surface area contributed by atoms with Gasteiger partial charge >= 0.3 is 0 Å². The van der Waals surface area contributed by atoms with Crippen LogP contribution in [0.5, 0.6) is 23.0 Å². The first kappa shape index (κ1) is 39.5. The third-order valence-corrected chi connectivity index (χ3v) is 17.4. The number of rotatable bonds is 3. The molecule has 0 saturated heterocycles. The summed E-state index contributed by atoms with van der Waals surface area (Å²) in [5.41, 5.74) is 20.3. The van der Waals surface area contributed by atoms with E-state index in [2.05, 4.69) is 225 Å². The van der Waals surface area contributed by atoms with E-state index in [0.717, 1.165) is 72.9 Å². The number of aromatic nitrogens is 2. The second-order valence-electron chi connectivity index (χ2n) is 20.5. The van der Waals surface area contributed by atoms with Crippen LogP contribution in [0.15, 0.2) is 188 Å². The molecule has 13 aromatic rings. The van der Waals surface area contributed by atoms with Crippen molar-refractivity contribution in [1.82, 2.24) is 9.13 Å². The van der Waals surface area contributed by atoms with Crippen LogP contribution in [0.1, 0.15) is 36.1 Å². The fourth-order valence-electron chi connectivity index (χ4n) is 13.1. The van der Waals surface area contributed by atoms with Crippen molar-refractivity contribution in [2.45, 2.75) is 33.1 Å². The summed E-state index contributed by atoms with van der Waals surface area (Å²) >= 11 is 1.97. The fraction of sp³-hybridized carbons (Fsp3) is 0.0769. The highest BCUT2D eigenvalue weighted by molar-refractivity contribution is 7.27. The number of fused-ring (bicyclic) bond motifs is 18. The molecule has 0 radical (unpaired) electrons. The summed E-state index contributed by atoms with van der Waals surface area (Å²) in [4.78, 5) is 0. The van der Waals surface area contributed by atoms with Crippen molar-refractivity contribution in [3.05, 3.63) is 210 Å². The molecule has 0 unspecified atom stereocenters. The SMILES string of the molecule is Cc1ccc2c3ccccc3n(-c3cc4c5c(c3)Oc3cc(-n6c7ccccc7c7cc(C)c8c9ccc%10c(c9sc8c76)C(C)(C)c6ccccc6-%10)ccc3B5c3ccc(-c5ccccc5)cc3O4)c2c1. The Morgan fingerprint density at radius 2 is 1.11 bits per heavy atom. The van der Waals surface area contributed by atoms with Crippen LogP contribution < -0.4 is 25.9 Å². The largest absolute Gasteiger partial charge is 0.458 e. The van der Waals surface area contributed by atoms with Crippen LogP contribution in [-0.2, 0) is 5.41 Å². The van der Waals surface area contributed by atoms with Gasteiger partial charge in [-0.05, 0) is 106 Å². The second kappa shape index (κ2) is 13.9. The van der Waals surface area contributed by atoms with Crippen LogP contribution in [0.25, 0.3) is 97.4 Å². The number of hydrogen-bond acceptors (Lipinski definition) is 3. The van der Waals surface area contributed by atoms with Crippen LogP contribution in [-0.4, -0.2) is 15.8 Å². The maximum atomic E-state index is 7.34. The molecule has 0 atom stereocenters. The Kier molecular flexibility index (Phi) is 7.76. The molecule has 10 aromatic carbocycles. The lowest BCUT2D eigenvalue weighted by molar-refractivity contribution is 0.464. The predicted octanol–water partition coefficient (Wildman–Crippen LogP) is 15.6. The van der Waals surface area contributed by atoms with Crippen LogP contribution >= 0.6 is 11.3 Å². The Morgan fingerprint density at radius 3 is 1.92 bits per heavy atom. The van der Waals surface area contributed by atoms with E-state index in [9.17, 15) is 0 Å². The molecule has 3 aliphatic rings. The molecular formula is C65H43BN2O2S. The van der Waals surface area contributed by atoms with E-state index < -0.39 is 0 Å². The number of benzene rings is 10. The van der Waals surface area contributed by atoms with Gasteiger partial charge in [0, 0.05) is 71.8 Å². The highest BCUT2D eigenvalue weighted by Gasteiger charge is 2.42. The van der Waals surface area contributed by atoms with Gasteiger partial charge < -0.3 is 18.6 Å². The highest BCUT2D eigenvalue weighted by Crippen LogP contribution is 2.55. The number of aryl methyl sites for hydroxylation is 2. The molecule has 16 rings (SSSR count). The number of nitrogens with zero attached hydrogens (tertiary/aromatic N) is 2. The lowest BCUT2D eigenvalue weighted by Crippen LogP contribution is -2.57. The predicted molar refractivity (Wildman–Crippen MR) is 298 cm³/mol. The summed E-state index contributed by atoms with van der Waals surface area (Å²) in [5.74, 6) is 3.34. The zero-order valence-corrected chi connectivity index (χ0v) is 40.4. The zero-order valence-electron chi connectivity index (χ0n) is 39.6. The quantitative estimate of drug-likeness (QED) is 0.165. The number of para-hydroxylation sites is 2. The topological polar surface area (TPSA) is 28.3 Å². The van der Waals surface area contributed by atoms with Gasteiger partial charge in [0.25, 0.3) is 6.71 Å². The molecule has 3 aromatic heterocycles. The van der Waals surface area contributed by atoms with E-state index in [1.165, 1.54) is 86.1 Å². The van der Waals surface area contributed by atoms with Gasteiger partial charge in [0.05, 0.1) is 32.5 Å². The van der Waals surface area contributed by atoms with Gasteiger partial charge in [-0.15, -0.1) is 11.3 Å². The van der Waals surface area contributed by atoms with Gasteiger partial charge in [-0.25, -0.2) is 0 Å². The van der Waals surface area contributed by atoms with Crippen LogP contribution in [0.3, 0.4) is 0 Å². The summed E-state index contributed by atoms with van der Waals surface area (Å²) in [7, 11) is 0.